The number of benzene rings is 2. The highest BCUT2D eigenvalue weighted by Crippen LogP contribution is 2.34. The highest BCUT2D eigenvalue weighted by atomic mass is 33.1. The Balaban J connectivity index is 1.37. The molecule has 0 saturated heterocycles. The largest absolute Gasteiger partial charge is 0.358 e. The van der Waals surface area contributed by atoms with Crippen LogP contribution in [0.5, 0.6) is 0 Å². The molecule has 2 aromatic carbocycles. The van der Waals surface area contributed by atoms with Crippen molar-refractivity contribution in [3.8, 4) is 12.1 Å². The standard InChI is InChI=1S/C22H18N4S2/c23-13-19(11-17-9-15-5-1-3-7-21(15)25-17)27-28-20(14-24)12-18-10-16-6-2-4-8-22(16)26-18/h1-10,19-20,25-26H,11-12H2. The molecule has 0 bridgehead atoms. The summed E-state index contributed by atoms with van der Waals surface area (Å²) < 4.78 is 0. The van der Waals surface area contributed by atoms with E-state index < -0.39 is 0 Å². The van der Waals surface area contributed by atoms with Gasteiger partial charge in [0.1, 0.15) is 10.5 Å². The van der Waals surface area contributed by atoms with E-state index in [9.17, 15) is 10.5 Å². The fourth-order valence-corrected chi connectivity index (χ4v) is 5.54. The van der Waals surface area contributed by atoms with E-state index in [1.165, 1.54) is 21.6 Å². The summed E-state index contributed by atoms with van der Waals surface area (Å²) in [6, 6.07) is 25.1. The van der Waals surface area contributed by atoms with E-state index in [2.05, 4.69) is 46.4 Å². The van der Waals surface area contributed by atoms with Gasteiger partial charge in [-0.25, -0.2) is 0 Å². The SMILES string of the molecule is N#CC(Cc1cc2ccccc2[nH]1)SSC(C#N)Cc1cc2ccccc2[nH]1. The Labute approximate surface area is 171 Å². The number of hydrogen-bond acceptors (Lipinski definition) is 4. The molecule has 2 aromatic heterocycles. The van der Waals surface area contributed by atoms with Crippen LogP contribution in [0.25, 0.3) is 21.8 Å². The summed E-state index contributed by atoms with van der Waals surface area (Å²) in [6.45, 7) is 0. The van der Waals surface area contributed by atoms with E-state index in [4.69, 9.17) is 0 Å². The van der Waals surface area contributed by atoms with Crippen molar-refractivity contribution in [2.75, 3.05) is 0 Å². The Kier molecular flexibility index (Phi) is 5.62. The number of aromatic amines is 2. The third-order valence-corrected chi connectivity index (χ3v) is 7.41. The minimum Gasteiger partial charge on any atom is -0.358 e. The molecule has 6 heteroatoms. The van der Waals surface area contributed by atoms with Crippen LogP contribution < -0.4 is 0 Å². The van der Waals surface area contributed by atoms with Crippen LogP contribution in [0, 0.1) is 22.7 Å². The van der Waals surface area contributed by atoms with E-state index in [0.717, 1.165) is 33.2 Å². The number of H-pyrrole nitrogens is 2. The topological polar surface area (TPSA) is 79.2 Å². The number of nitriles is 2. The van der Waals surface area contributed by atoms with Gasteiger partial charge in [-0.05, 0) is 35.0 Å². The molecular formula is C22H18N4S2. The molecular weight excluding hydrogens is 384 g/mol. The van der Waals surface area contributed by atoms with Gasteiger partial charge in [-0.1, -0.05) is 58.0 Å². The van der Waals surface area contributed by atoms with Crippen LogP contribution in [-0.4, -0.2) is 20.5 Å². The molecule has 0 fully saturated rings. The van der Waals surface area contributed by atoms with Crippen molar-refractivity contribution in [3.05, 3.63) is 72.1 Å². The Morgan fingerprint density at radius 3 is 1.54 bits per heavy atom. The predicted octanol–water partition coefficient (Wildman–Crippen LogP) is 5.60. The number of aromatic nitrogens is 2. The zero-order valence-corrected chi connectivity index (χ0v) is 16.7. The van der Waals surface area contributed by atoms with Crippen LogP contribution in [0.4, 0.5) is 0 Å². The van der Waals surface area contributed by atoms with Gasteiger partial charge in [0.05, 0.1) is 12.1 Å². The second-order valence-corrected chi connectivity index (χ2v) is 9.28. The molecule has 0 saturated carbocycles. The van der Waals surface area contributed by atoms with Crippen LogP contribution in [0.1, 0.15) is 11.4 Å². The maximum absolute atomic E-state index is 9.55. The number of fused-ring (bicyclic) bond motifs is 2. The number of hydrogen-bond donors (Lipinski definition) is 2. The maximum atomic E-state index is 9.55. The summed E-state index contributed by atoms with van der Waals surface area (Å²) in [7, 11) is 2.97. The molecule has 138 valence electrons. The quantitative estimate of drug-likeness (QED) is 0.394. The van der Waals surface area contributed by atoms with Crippen LogP contribution in [0.2, 0.25) is 0 Å². The van der Waals surface area contributed by atoms with Crippen LogP contribution in [-0.2, 0) is 12.8 Å². The first kappa shape index (κ1) is 18.6. The maximum Gasteiger partial charge on any atom is 0.107 e. The minimum atomic E-state index is -0.211. The Morgan fingerprint density at radius 1 is 0.714 bits per heavy atom. The van der Waals surface area contributed by atoms with Gasteiger partial charge >= 0.3 is 0 Å². The van der Waals surface area contributed by atoms with Crippen LogP contribution >= 0.6 is 21.6 Å². The van der Waals surface area contributed by atoms with Crippen LogP contribution in [0.15, 0.2) is 60.7 Å². The number of nitrogens with zero attached hydrogens (tertiary/aromatic N) is 2. The fourth-order valence-electron chi connectivity index (χ4n) is 3.22. The van der Waals surface area contributed by atoms with Crippen molar-refractivity contribution in [3.63, 3.8) is 0 Å². The summed E-state index contributed by atoms with van der Waals surface area (Å²) >= 11 is 0. The molecule has 2 unspecified atom stereocenters. The van der Waals surface area contributed by atoms with E-state index in [0.29, 0.717) is 12.8 Å². The molecule has 0 aliphatic heterocycles. The first-order chi connectivity index (χ1) is 13.7. The smallest absolute Gasteiger partial charge is 0.107 e. The van der Waals surface area contributed by atoms with Gasteiger partial charge in [-0.15, -0.1) is 0 Å². The van der Waals surface area contributed by atoms with Gasteiger partial charge in [0, 0.05) is 35.3 Å². The van der Waals surface area contributed by atoms with E-state index >= 15 is 0 Å². The van der Waals surface area contributed by atoms with Crippen molar-refractivity contribution in [1.82, 2.24) is 9.97 Å². The summed E-state index contributed by atoms with van der Waals surface area (Å²) in [5.74, 6) is 0. The Hall–Kier alpha value is -2.80. The third-order valence-electron chi connectivity index (χ3n) is 4.56. The lowest BCUT2D eigenvalue weighted by Crippen LogP contribution is -2.07. The second kappa shape index (κ2) is 8.48. The molecule has 4 nitrogen and oxygen atoms in total. The lowest BCUT2D eigenvalue weighted by atomic mass is 10.2. The highest BCUT2D eigenvalue weighted by Gasteiger charge is 2.17. The van der Waals surface area contributed by atoms with E-state index in [1.54, 1.807) is 0 Å². The average Bonchev–Trinajstić information content (AvgIpc) is 3.32. The van der Waals surface area contributed by atoms with E-state index in [-0.39, 0.29) is 10.5 Å². The van der Waals surface area contributed by atoms with Gasteiger partial charge in [0.2, 0.25) is 0 Å². The zero-order valence-electron chi connectivity index (χ0n) is 15.1. The molecule has 4 rings (SSSR count). The normalized spacial score (nSPS) is 13.2. The summed E-state index contributed by atoms with van der Waals surface area (Å²) in [5, 5.41) is 21.0. The third kappa shape index (κ3) is 4.20. The second-order valence-electron chi connectivity index (χ2n) is 6.60. The van der Waals surface area contributed by atoms with Gasteiger partial charge in [-0.3, -0.25) is 0 Å². The van der Waals surface area contributed by atoms with E-state index in [1.807, 2.05) is 36.4 Å². The Morgan fingerprint density at radius 2 is 1.14 bits per heavy atom. The molecule has 2 atom stereocenters. The van der Waals surface area contributed by atoms with Crippen molar-refractivity contribution < 1.29 is 0 Å². The predicted molar refractivity (Wildman–Crippen MR) is 118 cm³/mol. The monoisotopic (exact) mass is 402 g/mol. The van der Waals surface area contributed by atoms with Gasteiger partial charge in [0.15, 0.2) is 0 Å². The molecule has 0 amide bonds. The first-order valence-corrected chi connectivity index (χ1v) is 11.3. The van der Waals surface area contributed by atoms with Crippen molar-refractivity contribution >= 4 is 43.4 Å². The van der Waals surface area contributed by atoms with Crippen LogP contribution in [0.3, 0.4) is 0 Å². The molecule has 0 aliphatic rings. The molecule has 28 heavy (non-hydrogen) atoms. The molecule has 2 heterocycles. The minimum absolute atomic E-state index is 0.211. The lowest BCUT2D eigenvalue weighted by Gasteiger charge is -2.10. The molecule has 0 spiro atoms. The molecule has 0 radical (unpaired) electrons. The molecule has 2 N–H and O–H groups in total. The fraction of sp³-hybridized carbons (Fsp3) is 0.182. The van der Waals surface area contributed by atoms with Gasteiger partial charge in [-0.2, -0.15) is 10.5 Å². The lowest BCUT2D eigenvalue weighted by molar-refractivity contribution is 0.987. The number of rotatable bonds is 7. The highest BCUT2D eigenvalue weighted by molar-refractivity contribution is 8.77. The van der Waals surface area contributed by atoms with Gasteiger partial charge < -0.3 is 9.97 Å². The summed E-state index contributed by atoms with van der Waals surface area (Å²) in [5.41, 5.74) is 4.26. The number of nitrogens with one attached hydrogen (secondary N) is 2. The van der Waals surface area contributed by atoms with Crippen molar-refractivity contribution in [2.24, 2.45) is 0 Å². The van der Waals surface area contributed by atoms with Crippen molar-refractivity contribution in [1.29, 1.82) is 10.5 Å². The van der Waals surface area contributed by atoms with Gasteiger partial charge in [0.25, 0.3) is 0 Å². The zero-order chi connectivity index (χ0) is 19.3. The number of para-hydroxylation sites is 2. The average molecular weight is 403 g/mol. The molecule has 4 aromatic rings. The summed E-state index contributed by atoms with van der Waals surface area (Å²) in [6.07, 6.45) is 1.26. The molecule has 0 aliphatic carbocycles. The Bertz CT molecular complexity index is 1020. The summed E-state index contributed by atoms with van der Waals surface area (Å²) in [4.78, 5) is 6.75. The van der Waals surface area contributed by atoms with Crippen molar-refractivity contribution in [2.45, 2.75) is 23.3 Å². The first-order valence-electron chi connectivity index (χ1n) is 9.00.